The van der Waals surface area contributed by atoms with Crippen LogP contribution in [0.2, 0.25) is 0 Å². The molecule has 2 aromatic heterocycles. The van der Waals surface area contributed by atoms with E-state index in [1.807, 2.05) is 6.07 Å². The predicted octanol–water partition coefficient (Wildman–Crippen LogP) is 12.6. The molecule has 7 aromatic carbocycles. The zero-order valence-electron chi connectivity index (χ0n) is 27.4. The lowest BCUT2D eigenvalue weighted by Crippen LogP contribution is -2.11. The van der Waals surface area contributed by atoms with Gasteiger partial charge < -0.3 is 4.90 Å². The van der Waals surface area contributed by atoms with Gasteiger partial charge in [-0.1, -0.05) is 140 Å². The molecule has 0 aliphatic heterocycles. The Balaban J connectivity index is 1.32. The maximum atomic E-state index is 5.22. The summed E-state index contributed by atoms with van der Waals surface area (Å²) in [5.41, 5.74) is 12.2. The van der Waals surface area contributed by atoms with Gasteiger partial charge in [0.1, 0.15) is 5.82 Å². The van der Waals surface area contributed by atoms with E-state index in [4.69, 9.17) is 4.98 Å². The molecule has 9 aromatic rings. The molecule has 0 spiro atoms. The Morgan fingerprint density at radius 2 is 0.920 bits per heavy atom. The molecule has 236 valence electrons. The maximum absolute atomic E-state index is 5.22. The fourth-order valence-electron chi connectivity index (χ4n) is 7.09. The van der Waals surface area contributed by atoms with Gasteiger partial charge in [0, 0.05) is 27.7 Å². The third kappa shape index (κ3) is 5.32. The van der Waals surface area contributed by atoms with E-state index in [0.717, 1.165) is 45.2 Å². The Kier molecular flexibility index (Phi) is 7.49. The van der Waals surface area contributed by atoms with Crippen LogP contribution in [0.5, 0.6) is 0 Å². The minimum absolute atomic E-state index is 0.887. The lowest BCUT2D eigenvalue weighted by atomic mass is 9.97. The third-order valence-electron chi connectivity index (χ3n) is 9.35. The predicted molar refractivity (Wildman–Crippen MR) is 210 cm³/mol. The van der Waals surface area contributed by atoms with Gasteiger partial charge >= 0.3 is 0 Å². The molecular weight excluding hydrogens is 607 g/mol. The summed E-state index contributed by atoms with van der Waals surface area (Å²) >= 11 is 0. The first kappa shape index (κ1) is 29.4. The molecule has 0 aliphatic carbocycles. The van der Waals surface area contributed by atoms with Crippen LogP contribution in [-0.2, 0) is 0 Å². The summed E-state index contributed by atoms with van der Waals surface area (Å²) in [5, 5.41) is 2.35. The number of pyridine rings is 1. The topological polar surface area (TPSA) is 21.1 Å². The Bertz CT molecular complexity index is 2520. The highest BCUT2D eigenvalue weighted by atomic mass is 15.2. The van der Waals surface area contributed by atoms with Crippen LogP contribution < -0.4 is 4.90 Å². The molecule has 3 nitrogen and oxygen atoms in total. The summed E-state index contributed by atoms with van der Waals surface area (Å²) in [6, 6.07) is 70.9. The smallest absolute Gasteiger partial charge is 0.138 e. The Morgan fingerprint density at radius 1 is 0.380 bits per heavy atom. The van der Waals surface area contributed by atoms with Crippen molar-refractivity contribution in [1.29, 1.82) is 0 Å². The average molecular weight is 640 g/mol. The lowest BCUT2D eigenvalue weighted by Gasteiger charge is -2.28. The van der Waals surface area contributed by atoms with Crippen LogP contribution in [0.1, 0.15) is 0 Å². The van der Waals surface area contributed by atoms with Gasteiger partial charge in [-0.3, -0.25) is 4.57 Å². The molecule has 50 heavy (non-hydrogen) atoms. The van der Waals surface area contributed by atoms with E-state index in [1.54, 1.807) is 0 Å². The number of aromatic nitrogens is 2. The second-order valence-electron chi connectivity index (χ2n) is 12.4. The number of rotatable bonds is 7. The molecule has 0 amide bonds. The Hall–Kier alpha value is -6.71. The molecule has 0 saturated carbocycles. The number of fused-ring (bicyclic) bond motifs is 3. The van der Waals surface area contributed by atoms with E-state index in [9.17, 15) is 0 Å². The Labute approximate surface area is 292 Å². The first-order chi connectivity index (χ1) is 24.8. The molecule has 9 rings (SSSR count). The molecule has 3 heteroatoms. The van der Waals surface area contributed by atoms with E-state index in [0.29, 0.717) is 0 Å². The van der Waals surface area contributed by atoms with Crippen LogP contribution in [0, 0.1) is 0 Å². The summed E-state index contributed by atoms with van der Waals surface area (Å²) in [5.74, 6) is 0.887. The Morgan fingerprint density at radius 3 is 1.58 bits per heavy atom. The van der Waals surface area contributed by atoms with Gasteiger partial charge in [0.05, 0.1) is 22.4 Å². The van der Waals surface area contributed by atoms with E-state index < -0.39 is 0 Å². The van der Waals surface area contributed by atoms with Gasteiger partial charge in [0.15, 0.2) is 0 Å². The van der Waals surface area contributed by atoms with Crippen molar-refractivity contribution in [2.24, 2.45) is 0 Å². The molecule has 0 aliphatic rings. The van der Waals surface area contributed by atoms with E-state index in [2.05, 4.69) is 204 Å². The van der Waals surface area contributed by atoms with Crippen molar-refractivity contribution in [1.82, 2.24) is 9.55 Å². The SMILES string of the molecule is c1ccc(-c2cc(-c3ccccc3)cc(N(c3ccccc3)c3cccc4c3c3ccccc3n4-c3cccc(-c4ccccc4)n3)c2)cc1. The molecule has 0 N–H and O–H groups in total. The molecule has 0 fully saturated rings. The fourth-order valence-corrected chi connectivity index (χ4v) is 7.09. The highest BCUT2D eigenvalue weighted by Crippen LogP contribution is 2.45. The zero-order chi connectivity index (χ0) is 33.3. The maximum Gasteiger partial charge on any atom is 0.138 e. The number of hydrogen-bond acceptors (Lipinski definition) is 2. The molecule has 0 bridgehead atoms. The van der Waals surface area contributed by atoms with Gasteiger partial charge in [0.2, 0.25) is 0 Å². The molecule has 0 radical (unpaired) electrons. The summed E-state index contributed by atoms with van der Waals surface area (Å²) < 4.78 is 2.31. The van der Waals surface area contributed by atoms with Crippen molar-refractivity contribution < 1.29 is 0 Å². The zero-order valence-corrected chi connectivity index (χ0v) is 27.4. The third-order valence-corrected chi connectivity index (χ3v) is 9.35. The minimum Gasteiger partial charge on any atom is -0.310 e. The van der Waals surface area contributed by atoms with Crippen LogP contribution in [0.4, 0.5) is 17.1 Å². The summed E-state index contributed by atoms with van der Waals surface area (Å²) in [6.45, 7) is 0. The average Bonchev–Trinajstić information content (AvgIpc) is 3.54. The summed E-state index contributed by atoms with van der Waals surface area (Å²) in [7, 11) is 0. The second kappa shape index (κ2) is 12.7. The van der Waals surface area contributed by atoms with Crippen LogP contribution in [-0.4, -0.2) is 9.55 Å². The van der Waals surface area contributed by atoms with Gasteiger partial charge in [-0.05, 0) is 82.9 Å². The van der Waals surface area contributed by atoms with Crippen molar-refractivity contribution in [3.63, 3.8) is 0 Å². The van der Waals surface area contributed by atoms with Gasteiger partial charge in [-0.15, -0.1) is 0 Å². The first-order valence-corrected chi connectivity index (χ1v) is 17.0. The largest absolute Gasteiger partial charge is 0.310 e. The van der Waals surface area contributed by atoms with Gasteiger partial charge in [-0.2, -0.15) is 0 Å². The highest BCUT2D eigenvalue weighted by Gasteiger charge is 2.22. The van der Waals surface area contributed by atoms with Crippen LogP contribution in [0.3, 0.4) is 0 Å². The molecule has 2 heterocycles. The van der Waals surface area contributed by atoms with Crippen LogP contribution in [0.15, 0.2) is 200 Å². The highest BCUT2D eigenvalue weighted by molar-refractivity contribution is 6.16. The van der Waals surface area contributed by atoms with Crippen LogP contribution >= 0.6 is 0 Å². The minimum atomic E-state index is 0.887. The van der Waals surface area contributed by atoms with Crippen LogP contribution in [0.25, 0.3) is 61.1 Å². The summed E-state index contributed by atoms with van der Waals surface area (Å²) in [6.07, 6.45) is 0. The van der Waals surface area contributed by atoms with Gasteiger partial charge in [0.25, 0.3) is 0 Å². The lowest BCUT2D eigenvalue weighted by molar-refractivity contribution is 1.08. The van der Waals surface area contributed by atoms with E-state index in [-0.39, 0.29) is 0 Å². The summed E-state index contributed by atoms with van der Waals surface area (Å²) in [4.78, 5) is 7.62. The van der Waals surface area contributed by atoms with E-state index in [1.165, 1.54) is 33.0 Å². The first-order valence-electron chi connectivity index (χ1n) is 17.0. The number of para-hydroxylation sites is 2. The second-order valence-corrected chi connectivity index (χ2v) is 12.4. The molecule has 0 unspecified atom stereocenters. The fraction of sp³-hybridized carbons (Fsp3) is 0. The molecule has 0 saturated heterocycles. The number of hydrogen-bond donors (Lipinski definition) is 0. The number of nitrogens with zero attached hydrogens (tertiary/aromatic N) is 3. The molecular formula is C47H33N3. The number of benzene rings is 7. The van der Waals surface area contributed by atoms with Crippen molar-refractivity contribution in [3.05, 3.63) is 200 Å². The van der Waals surface area contributed by atoms with E-state index >= 15 is 0 Å². The standard InChI is InChI=1S/C47H33N3/c1-5-17-34(18-6-1)37-31-38(35-19-7-2-8-20-35)33-40(32-37)49(39-23-11-4-12-24-39)44-28-16-29-45-47(44)41-25-13-14-27-43(41)50(45)46-30-15-26-42(48-46)36-21-9-3-10-22-36/h1-33H. The number of anilines is 3. The molecule has 0 atom stereocenters. The van der Waals surface area contributed by atoms with Gasteiger partial charge in [-0.25, -0.2) is 4.98 Å². The van der Waals surface area contributed by atoms with Crippen molar-refractivity contribution >= 4 is 38.9 Å². The monoisotopic (exact) mass is 639 g/mol. The van der Waals surface area contributed by atoms with Crippen molar-refractivity contribution in [2.75, 3.05) is 4.90 Å². The van der Waals surface area contributed by atoms with Crippen molar-refractivity contribution in [2.45, 2.75) is 0 Å². The quantitative estimate of drug-likeness (QED) is 0.173. The normalized spacial score (nSPS) is 11.2. The van der Waals surface area contributed by atoms with Crippen molar-refractivity contribution in [3.8, 4) is 39.3 Å².